The summed E-state index contributed by atoms with van der Waals surface area (Å²) in [6, 6.07) is 7.87. The van der Waals surface area contributed by atoms with Crippen LogP contribution in [0.5, 0.6) is 5.75 Å². The molecule has 0 amide bonds. The van der Waals surface area contributed by atoms with E-state index in [2.05, 4.69) is 9.97 Å². The van der Waals surface area contributed by atoms with Crippen molar-refractivity contribution >= 4 is 17.3 Å². The summed E-state index contributed by atoms with van der Waals surface area (Å²) in [6.07, 6.45) is 3.12. The van der Waals surface area contributed by atoms with E-state index in [4.69, 9.17) is 16.3 Å². The Kier molecular flexibility index (Phi) is 3.99. The van der Waals surface area contributed by atoms with Crippen LogP contribution in [0.4, 0.5) is 5.69 Å². The van der Waals surface area contributed by atoms with Crippen LogP contribution >= 0.6 is 11.6 Å². The summed E-state index contributed by atoms with van der Waals surface area (Å²) in [5.74, 6) is 0.804. The lowest BCUT2D eigenvalue weighted by atomic mass is 10.3. The quantitative estimate of drug-likeness (QED) is 0.850. The molecule has 0 saturated carbocycles. The van der Waals surface area contributed by atoms with Gasteiger partial charge in [0.2, 0.25) is 0 Å². The zero-order chi connectivity index (χ0) is 13.0. The first kappa shape index (κ1) is 12.6. The molecule has 18 heavy (non-hydrogen) atoms. The van der Waals surface area contributed by atoms with Crippen LogP contribution in [0.25, 0.3) is 0 Å². The molecule has 2 aromatic rings. The molecule has 0 spiro atoms. The predicted octanol–water partition coefficient (Wildman–Crippen LogP) is 2.78. The molecule has 0 fully saturated rings. The van der Waals surface area contributed by atoms with Gasteiger partial charge in [-0.1, -0.05) is 17.7 Å². The number of hydrogen-bond donors (Lipinski definition) is 0. The molecule has 1 aromatic carbocycles. The summed E-state index contributed by atoms with van der Waals surface area (Å²) in [4.78, 5) is 10.1. The number of rotatable bonds is 4. The lowest BCUT2D eigenvalue weighted by Gasteiger charge is -2.13. The molecule has 0 unspecified atom stereocenters. The molecule has 0 aliphatic rings. The van der Waals surface area contributed by atoms with Gasteiger partial charge in [-0.05, 0) is 12.1 Å². The zero-order valence-electron chi connectivity index (χ0n) is 10.3. The van der Waals surface area contributed by atoms with Gasteiger partial charge in [-0.3, -0.25) is 4.98 Å². The van der Waals surface area contributed by atoms with Crippen molar-refractivity contribution in [1.29, 1.82) is 0 Å². The van der Waals surface area contributed by atoms with Crippen LogP contribution in [0.2, 0.25) is 5.15 Å². The Morgan fingerprint density at radius 2 is 2.06 bits per heavy atom. The summed E-state index contributed by atoms with van der Waals surface area (Å²) in [5.41, 5.74) is 1.84. The van der Waals surface area contributed by atoms with Crippen LogP contribution in [0, 0.1) is 0 Å². The molecular weight excluding hydrogens is 250 g/mol. The zero-order valence-corrected chi connectivity index (χ0v) is 11.1. The number of benzene rings is 1. The molecule has 4 nitrogen and oxygen atoms in total. The summed E-state index contributed by atoms with van der Waals surface area (Å²) < 4.78 is 5.65. The van der Waals surface area contributed by atoms with Gasteiger partial charge in [0, 0.05) is 25.8 Å². The van der Waals surface area contributed by atoms with Gasteiger partial charge in [-0.25, -0.2) is 4.98 Å². The molecule has 1 aromatic heterocycles. The Balaban J connectivity index is 2.01. The van der Waals surface area contributed by atoms with E-state index < -0.39 is 0 Å². The van der Waals surface area contributed by atoms with Crippen molar-refractivity contribution in [3.63, 3.8) is 0 Å². The number of nitrogens with zero attached hydrogens (tertiary/aromatic N) is 3. The van der Waals surface area contributed by atoms with Crippen LogP contribution in [-0.4, -0.2) is 24.1 Å². The first-order valence-electron chi connectivity index (χ1n) is 5.52. The van der Waals surface area contributed by atoms with Gasteiger partial charge >= 0.3 is 0 Å². The normalized spacial score (nSPS) is 10.2. The highest BCUT2D eigenvalue weighted by atomic mass is 35.5. The van der Waals surface area contributed by atoms with Crippen molar-refractivity contribution in [2.24, 2.45) is 0 Å². The minimum Gasteiger partial charge on any atom is -0.487 e. The predicted molar refractivity (Wildman–Crippen MR) is 72.1 cm³/mol. The van der Waals surface area contributed by atoms with Gasteiger partial charge in [0.05, 0.1) is 18.1 Å². The number of hydrogen-bond acceptors (Lipinski definition) is 4. The maximum Gasteiger partial charge on any atom is 0.147 e. The van der Waals surface area contributed by atoms with E-state index in [0.29, 0.717) is 11.8 Å². The molecule has 0 radical (unpaired) electrons. The Labute approximate surface area is 111 Å². The van der Waals surface area contributed by atoms with E-state index in [1.165, 1.54) is 6.20 Å². The van der Waals surface area contributed by atoms with Crippen molar-refractivity contribution in [3.05, 3.63) is 47.5 Å². The highest BCUT2D eigenvalue weighted by molar-refractivity contribution is 6.29. The highest BCUT2D eigenvalue weighted by Gasteiger charge is 2.00. The Morgan fingerprint density at radius 1 is 1.22 bits per heavy atom. The van der Waals surface area contributed by atoms with Gasteiger partial charge in [0.25, 0.3) is 0 Å². The molecule has 94 valence electrons. The molecule has 0 N–H and O–H groups in total. The number of aromatic nitrogens is 2. The Bertz CT molecular complexity index is 514. The van der Waals surface area contributed by atoms with Crippen molar-refractivity contribution in [2.45, 2.75) is 6.61 Å². The Hall–Kier alpha value is -1.81. The average Bonchev–Trinajstić information content (AvgIpc) is 2.38. The van der Waals surface area contributed by atoms with Crippen LogP contribution < -0.4 is 9.64 Å². The molecule has 0 atom stereocenters. The van der Waals surface area contributed by atoms with Crippen LogP contribution in [-0.2, 0) is 6.61 Å². The lowest BCUT2D eigenvalue weighted by molar-refractivity contribution is 0.301. The molecule has 0 aliphatic heterocycles. The molecule has 2 rings (SSSR count). The second-order valence-electron chi connectivity index (χ2n) is 4.01. The topological polar surface area (TPSA) is 38.2 Å². The number of ether oxygens (including phenoxy) is 1. The van der Waals surface area contributed by atoms with Gasteiger partial charge in [-0.2, -0.15) is 0 Å². The molecule has 0 aliphatic carbocycles. The highest BCUT2D eigenvalue weighted by Crippen LogP contribution is 2.20. The maximum absolute atomic E-state index is 5.66. The van der Waals surface area contributed by atoms with Crippen molar-refractivity contribution < 1.29 is 4.74 Å². The fourth-order valence-electron chi connectivity index (χ4n) is 1.42. The lowest BCUT2D eigenvalue weighted by Crippen LogP contribution is -2.08. The SMILES string of the molecule is CN(C)c1cccc(OCc2cnc(Cl)cn2)c1. The summed E-state index contributed by atoms with van der Waals surface area (Å²) in [5, 5.41) is 0.383. The molecule has 0 bridgehead atoms. The standard InChI is InChI=1S/C13H14ClN3O/c1-17(2)11-4-3-5-12(6-11)18-9-10-7-16-13(14)8-15-10/h3-8H,9H2,1-2H3. The molecular formula is C13H14ClN3O. The van der Waals surface area contributed by atoms with Crippen molar-refractivity contribution in [2.75, 3.05) is 19.0 Å². The third kappa shape index (κ3) is 3.34. The summed E-state index contributed by atoms with van der Waals surface area (Å²) >= 11 is 5.66. The van der Waals surface area contributed by atoms with Crippen LogP contribution in [0.1, 0.15) is 5.69 Å². The molecule has 1 heterocycles. The van der Waals surface area contributed by atoms with Gasteiger partial charge in [-0.15, -0.1) is 0 Å². The van der Waals surface area contributed by atoms with E-state index in [0.717, 1.165) is 17.1 Å². The minimum atomic E-state index is 0.376. The minimum absolute atomic E-state index is 0.376. The number of anilines is 1. The monoisotopic (exact) mass is 263 g/mol. The number of halogens is 1. The fourth-order valence-corrected chi connectivity index (χ4v) is 1.52. The van der Waals surface area contributed by atoms with Crippen LogP contribution in [0.3, 0.4) is 0 Å². The summed E-state index contributed by atoms with van der Waals surface area (Å²) in [6.45, 7) is 0.376. The Morgan fingerprint density at radius 3 is 2.72 bits per heavy atom. The first-order valence-corrected chi connectivity index (χ1v) is 5.89. The van der Waals surface area contributed by atoms with E-state index >= 15 is 0 Å². The van der Waals surface area contributed by atoms with E-state index in [1.807, 2.05) is 43.3 Å². The third-order valence-corrected chi connectivity index (χ3v) is 2.59. The second-order valence-corrected chi connectivity index (χ2v) is 4.40. The van der Waals surface area contributed by atoms with Crippen molar-refractivity contribution in [1.82, 2.24) is 9.97 Å². The molecule has 5 heteroatoms. The van der Waals surface area contributed by atoms with Gasteiger partial charge < -0.3 is 9.64 Å². The van der Waals surface area contributed by atoms with E-state index in [-0.39, 0.29) is 0 Å². The van der Waals surface area contributed by atoms with E-state index in [9.17, 15) is 0 Å². The smallest absolute Gasteiger partial charge is 0.147 e. The summed E-state index contributed by atoms with van der Waals surface area (Å²) in [7, 11) is 3.98. The molecule has 0 saturated heterocycles. The van der Waals surface area contributed by atoms with Crippen LogP contribution in [0.15, 0.2) is 36.7 Å². The van der Waals surface area contributed by atoms with E-state index in [1.54, 1.807) is 6.20 Å². The largest absolute Gasteiger partial charge is 0.487 e. The van der Waals surface area contributed by atoms with Gasteiger partial charge in [0.15, 0.2) is 0 Å². The maximum atomic E-state index is 5.66. The second kappa shape index (κ2) is 5.69. The first-order chi connectivity index (χ1) is 8.65. The van der Waals surface area contributed by atoms with Gasteiger partial charge in [0.1, 0.15) is 17.5 Å². The third-order valence-electron chi connectivity index (χ3n) is 2.39. The fraction of sp³-hybridized carbons (Fsp3) is 0.231. The average molecular weight is 264 g/mol. The van der Waals surface area contributed by atoms with Crippen molar-refractivity contribution in [3.8, 4) is 5.75 Å².